The minimum atomic E-state index is -0.296. The van der Waals surface area contributed by atoms with Crippen molar-refractivity contribution in [2.45, 2.75) is 45.1 Å². The average molecular weight is 389 g/mol. The zero-order valence-corrected chi connectivity index (χ0v) is 16.2. The van der Waals surface area contributed by atoms with Crippen LogP contribution in [-0.4, -0.2) is 30.3 Å². The minimum Gasteiger partial charge on any atom is -0.297 e. The Bertz CT molecular complexity index is 1130. The first-order valence-electron chi connectivity index (χ1n) is 10.5. The van der Waals surface area contributed by atoms with E-state index in [1.165, 1.54) is 30.2 Å². The van der Waals surface area contributed by atoms with E-state index >= 15 is 0 Å². The molecule has 7 heteroatoms. The molecule has 2 aromatic heterocycles. The molecule has 29 heavy (non-hydrogen) atoms. The quantitative estimate of drug-likeness (QED) is 0.685. The maximum Gasteiger partial charge on any atom is 0.283 e. The molecule has 3 aromatic rings. The minimum absolute atomic E-state index is 0.0894. The molecule has 7 rings (SSSR count). The SMILES string of the molecule is O=C(Cn1cnc2c(nnn2-c2ccccc2)c1=O)C12CC3CC(CC(C3)C1)C2. The highest BCUT2D eigenvalue weighted by Gasteiger charge is 2.54. The molecule has 148 valence electrons. The number of nitrogens with zero attached hydrogens (tertiary/aromatic N) is 5. The number of fused-ring (bicyclic) bond motifs is 1. The van der Waals surface area contributed by atoms with Crippen LogP contribution in [0.3, 0.4) is 0 Å². The Morgan fingerprint density at radius 3 is 2.34 bits per heavy atom. The fraction of sp³-hybridized carbons (Fsp3) is 0.500. The highest BCUT2D eigenvalue weighted by atomic mass is 16.1. The van der Waals surface area contributed by atoms with Crippen molar-refractivity contribution in [3.8, 4) is 5.69 Å². The van der Waals surface area contributed by atoms with Gasteiger partial charge in [0.2, 0.25) is 0 Å². The second kappa shape index (κ2) is 6.08. The normalized spacial score (nSPS) is 30.1. The van der Waals surface area contributed by atoms with Crippen molar-refractivity contribution in [1.82, 2.24) is 24.5 Å². The lowest BCUT2D eigenvalue weighted by Crippen LogP contribution is -2.51. The highest BCUT2D eigenvalue weighted by Crippen LogP contribution is 2.60. The number of Topliss-reactive ketones (excluding diaryl/α,β-unsaturated/α-hetero) is 1. The summed E-state index contributed by atoms with van der Waals surface area (Å²) in [6.07, 6.45) is 8.38. The summed E-state index contributed by atoms with van der Waals surface area (Å²) >= 11 is 0. The molecule has 4 aliphatic carbocycles. The summed E-state index contributed by atoms with van der Waals surface area (Å²) in [5, 5.41) is 8.17. The number of hydrogen-bond acceptors (Lipinski definition) is 5. The largest absolute Gasteiger partial charge is 0.297 e. The van der Waals surface area contributed by atoms with Gasteiger partial charge in [0.15, 0.2) is 16.9 Å². The van der Waals surface area contributed by atoms with Gasteiger partial charge in [-0.1, -0.05) is 23.4 Å². The molecule has 4 bridgehead atoms. The number of para-hydroxylation sites is 1. The van der Waals surface area contributed by atoms with Crippen LogP contribution in [0.1, 0.15) is 38.5 Å². The zero-order valence-electron chi connectivity index (χ0n) is 16.2. The van der Waals surface area contributed by atoms with E-state index in [2.05, 4.69) is 15.3 Å². The van der Waals surface area contributed by atoms with E-state index in [0.29, 0.717) is 23.4 Å². The molecule has 0 atom stereocenters. The predicted octanol–water partition coefficient (Wildman–Crippen LogP) is 2.76. The van der Waals surface area contributed by atoms with Crippen molar-refractivity contribution in [2.75, 3.05) is 0 Å². The number of aromatic nitrogens is 5. The molecule has 0 N–H and O–H groups in total. The van der Waals surface area contributed by atoms with Crippen LogP contribution < -0.4 is 5.56 Å². The van der Waals surface area contributed by atoms with E-state index in [9.17, 15) is 9.59 Å². The van der Waals surface area contributed by atoms with Gasteiger partial charge in [0.1, 0.15) is 6.33 Å². The van der Waals surface area contributed by atoms with Crippen LogP contribution in [0, 0.1) is 23.2 Å². The van der Waals surface area contributed by atoms with Crippen LogP contribution >= 0.6 is 0 Å². The van der Waals surface area contributed by atoms with Gasteiger partial charge in [-0.2, -0.15) is 4.68 Å². The van der Waals surface area contributed by atoms with Crippen molar-refractivity contribution in [3.05, 3.63) is 47.0 Å². The Morgan fingerprint density at radius 2 is 1.69 bits per heavy atom. The summed E-state index contributed by atoms with van der Waals surface area (Å²) in [6.45, 7) is 0.0894. The molecule has 0 unspecified atom stereocenters. The number of carbonyl (C=O) groups excluding carboxylic acids is 1. The third-order valence-electron chi connectivity index (χ3n) is 7.37. The maximum absolute atomic E-state index is 13.4. The predicted molar refractivity (Wildman–Crippen MR) is 107 cm³/mol. The number of benzene rings is 1. The van der Waals surface area contributed by atoms with Crippen LogP contribution in [0.4, 0.5) is 0 Å². The van der Waals surface area contributed by atoms with Gasteiger partial charge in [-0.3, -0.25) is 14.2 Å². The average Bonchev–Trinajstić information content (AvgIpc) is 3.14. The first-order valence-corrected chi connectivity index (χ1v) is 10.5. The van der Waals surface area contributed by atoms with E-state index in [1.807, 2.05) is 30.3 Å². The Labute approximate surface area is 167 Å². The summed E-state index contributed by atoms with van der Waals surface area (Å²) in [5.41, 5.74) is 0.902. The lowest BCUT2D eigenvalue weighted by Gasteiger charge is -2.56. The molecule has 4 aliphatic rings. The second-order valence-corrected chi connectivity index (χ2v) is 9.31. The highest BCUT2D eigenvalue weighted by molar-refractivity contribution is 5.85. The van der Waals surface area contributed by atoms with Gasteiger partial charge in [-0.05, 0) is 68.4 Å². The lowest BCUT2D eigenvalue weighted by molar-refractivity contribution is -0.144. The molecule has 4 fully saturated rings. The van der Waals surface area contributed by atoms with Gasteiger partial charge in [-0.15, -0.1) is 5.10 Å². The van der Waals surface area contributed by atoms with Gasteiger partial charge in [0.25, 0.3) is 5.56 Å². The summed E-state index contributed by atoms with van der Waals surface area (Å²) in [7, 11) is 0. The Hall–Kier alpha value is -2.83. The van der Waals surface area contributed by atoms with Crippen molar-refractivity contribution in [3.63, 3.8) is 0 Å². The fourth-order valence-electron chi connectivity index (χ4n) is 6.47. The monoisotopic (exact) mass is 389 g/mol. The molecule has 2 heterocycles. The molecular weight excluding hydrogens is 366 g/mol. The number of carbonyl (C=O) groups is 1. The smallest absolute Gasteiger partial charge is 0.283 e. The number of ketones is 1. The first kappa shape index (κ1) is 17.1. The molecule has 0 amide bonds. The Kier molecular flexibility index (Phi) is 3.58. The van der Waals surface area contributed by atoms with Gasteiger partial charge in [0, 0.05) is 5.41 Å². The molecule has 4 saturated carbocycles. The third-order valence-corrected chi connectivity index (χ3v) is 7.37. The van der Waals surface area contributed by atoms with E-state index in [0.717, 1.165) is 24.9 Å². The van der Waals surface area contributed by atoms with E-state index in [1.54, 1.807) is 4.68 Å². The molecule has 0 aliphatic heterocycles. The van der Waals surface area contributed by atoms with Crippen LogP contribution in [-0.2, 0) is 11.3 Å². The summed E-state index contributed by atoms with van der Waals surface area (Å²) in [5.74, 6) is 2.31. The topological polar surface area (TPSA) is 82.7 Å². The van der Waals surface area contributed by atoms with Crippen molar-refractivity contribution >= 4 is 16.9 Å². The van der Waals surface area contributed by atoms with Crippen molar-refractivity contribution in [1.29, 1.82) is 0 Å². The standard InChI is InChI=1S/C22H23N5O2/c28-18(22-9-14-6-15(10-22)8-16(7-14)11-22)12-26-13-23-20-19(21(26)29)24-25-27(20)17-4-2-1-3-5-17/h1-5,13-16H,6-12H2. The summed E-state index contributed by atoms with van der Waals surface area (Å²) < 4.78 is 2.98. The number of rotatable bonds is 4. The third kappa shape index (κ3) is 2.59. The Morgan fingerprint density at radius 1 is 1.03 bits per heavy atom. The molecule has 0 spiro atoms. The van der Waals surface area contributed by atoms with Crippen molar-refractivity contribution in [2.24, 2.45) is 23.2 Å². The van der Waals surface area contributed by atoms with Gasteiger partial charge >= 0.3 is 0 Å². The molecule has 7 nitrogen and oxygen atoms in total. The van der Waals surface area contributed by atoms with Crippen LogP contribution in [0.15, 0.2) is 41.5 Å². The molecule has 0 radical (unpaired) electrons. The summed E-state index contributed by atoms with van der Waals surface area (Å²) in [4.78, 5) is 30.8. The summed E-state index contributed by atoms with van der Waals surface area (Å²) in [6, 6.07) is 9.48. The first-order chi connectivity index (χ1) is 14.1. The zero-order chi connectivity index (χ0) is 19.6. The van der Waals surface area contributed by atoms with Crippen LogP contribution in [0.2, 0.25) is 0 Å². The van der Waals surface area contributed by atoms with E-state index < -0.39 is 0 Å². The van der Waals surface area contributed by atoms with Crippen LogP contribution in [0.25, 0.3) is 16.9 Å². The van der Waals surface area contributed by atoms with E-state index in [-0.39, 0.29) is 28.8 Å². The van der Waals surface area contributed by atoms with Gasteiger partial charge in [-0.25, -0.2) is 4.98 Å². The molecular formula is C22H23N5O2. The fourth-order valence-corrected chi connectivity index (χ4v) is 6.47. The van der Waals surface area contributed by atoms with Crippen LogP contribution in [0.5, 0.6) is 0 Å². The molecule has 0 saturated heterocycles. The van der Waals surface area contributed by atoms with Crippen molar-refractivity contribution < 1.29 is 4.79 Å². The van der Waals surface area contributed by atoms with E-state index in [4.69, 9.17) is 0 Å². The lowest BCUT2D eigenvalue weighted by atomic mass is 9.48. The maximum atomic E-state index is 13.4. The number of hydrogen-bond donors (Lipinski definition) is 0. The van der Waals surface area contributed by atoms with Gasteiger partial charge in [0.05, 0.1) is 12.2 Å². The molecule has 1 aromatic carbocycles. The Balaban J connectivity index is 1.32. The van der Waals surface area contributed by atoms with Gasteiger partial charge < -0.3 is 0 Å². The second-order valence-electron chi connectivity index (χ2n) is 9.31.